The molecule has 0 aromatic heterocycles. The Balaban J connectivity index is 1.78. The van der Waals surface area contributed by atoms with Crippen LogP contribution in [0.25, 0.3) is 0 Å². The van der Waals surface area contributed by atoms with Gasteiger partial charge in [-0.25, -0.2) is 0 Å². The van der Waals surface area contributed by atoms with Crippen molar-refractivity contribution in [1.82, 2.24) is 5.32 Å². The molecular formula is C12H15NO2. The topological polar surface area (TPSA) is 41.5 Å². The third kappa shape index (κ3) is 1.57. The minimum absolute atomic E-state index is 0.276. The molecule has 3 nitrogen and oxygen atoms in total. The molecule has 2 aliphatic rings. The van der Waals surface area contributed by atoms with Crippen LogP contribution in [0.15, 0.2) is 18.2 Å². The minimum Gasteiger partial charge on any atom is -0.508 e. The Morgan fingerprint density at radius 2 is 2.20 bits per heavy atom. The minimum atomic E-state index is 0.276. The number of nitrogens with one attached hydrogen (secondary N) is 1. The van der Waals surface area contributed by atoms with Crippen LogP contribution in [0.5, 0.6) is 11.5 Å². The first-order valence-corrected chi connectivity index (χ1v) is 5.55. The van der Waals surface area contributed by atoms with Crippen molar-refractivity contribution in [3.05, 3.63) is 23.8 Å². The van der Waals surface area contributed by atoms with Crippen molar-refractivity contribution in [3.8, 4) is 11.5 Å². The Labute approximate surface area is 89.1 Å². The van der Waals surface area contributed by atoms with Gasteiger partial charge in [-0.2, -0.15) is 0 Å². The van der Waals surface area contributed by atoms with Gasteiger partial charge in [0.05, 0.1) is 6.04 Å². The third-order valence-corrected chi connectivity index (χ3v) is 3.32. The number of ether oxygens (including phenoxy) is 1. The highest BCUT2D eigenvalue weighted by molar-refractivity contribution is 5.44. The second kappa shape index (κ2) is 3.42. The molecule has 3 heteroatoms. The summed E-state index contributed by atoms with van der Waals surface area (Å²) in [5.41, 5.74) is 1.18. The smallest absolute Gasteiger partial charge is 0.127 e. The van der Waals surface area contributed by atoms with Crippen LogP contribution in [0.4, 0.5) is 0 Å². The maximum Gasteiger partial charge on any atom is 0.127 e. The normalized spacial score (nSPS) is 24.4. The van der Waals surface area contributed by atoms with Crippen molar-refractivity contribution in [3.63, 3.8) is 0 Å². The van der Waals surface area contributed by atoms with E-state index in [1.54, 1.807) is 12.1 Å². The molecule has 1 fully saturated rings. The number of hydrogen-bond donors (Lipinski definition) is 2. The van der Waals surface area contributed by atoms with Crippen molar-refractivity contribution in [2.75, 3.05) is 6.61 Å². The standard InChI is InChI=1S/C12H15NO2/c14-9-4-5-10-11(7-15-12(10)6-9)13-8-2-1-3-8/h4-6,8,11,13-14H,1-3,7H2. The predicted molar refractivity (Wildman–Crippen MR) is 57.1 cm³/mol. The first-order chi connectivity index (χ1) is 7.33. The molecular weight excluding hydrogens is 190 g/mol. The van der Waals surface area contributed by atoms with Gasteiger partial charge >= 0.3 is 0 Å². The molecule has 3 rings (SSSR count). The van der Waals surface area contributed by atoms with E-state index in [2.05, 4.69) is 5.32 Å². The number of aromatic hydroxyl groups is 1. The van der Waals surface area contributed by atoms with Gasteiger partial charge in [-0.1, -0.05) is 6.42 Å². The van der Waals surface area contributed by atoms with Gasteiger partial charge in [-0.3, -0.25) is 0 Å². The van der Waals surface area contributed by atoms with Crippen molar-refractivity contribution in [2.45, 2.75) is 31.3 Å². The summed E-state index contributed by atoms with van der Waals surface area (Å²) in [6, 6.07) is 6.35. The van der Waals surface area contributed by atoms with E-state index in [-0.39, 0.29) is 5.75 Å². The molecule has 0 spiro atoms. The summed E-state index contributed by atoms with van der Waals surface area (Å²) >= 11 is 0. The summed E-state index contributed by atoms with van der Waals surface area (Å²) in [4.78, 5) is 0. The van der Waals surface area contributed by atoms with Crippen molar-refractivity contribution in [2.24, 2.45) is 0 Å². The van der Waals surface area contributed by atoms with Gasteiger partial charge in [0.25, 0.3) is 0 Å². The second-order valence-electron chi connectivity index (χ2n) is 4.38. The van der Waals surface area contributed by atoms with E-state index < -0.39 is 0 Å². The zero-order valence-electron chi connectivity index (χ0n) is 8.57. The molecule has 1 aliphatic carbocycles. The third-order valence-electron chi connectivity index (χ3n) is 3.32. The van der Waals surface area contributed by atoms with Crippen LogP contribution in [0.3, 0.4) is 0 Å². The summed E-state index contributed by atoms with van der Waals surface area (Å²) in [6.07, 6.45) is 3.90. The van der Waals surface area contributed by atoms with Crippen molar-refractivity contribution < 1.29 is 9.84 Å². The van der Waals surface area contributed by atoms with Crippen LogP contribution in [0.2, 0.25) is 0 Å². The highest BCUT2D eigenvalue weighted by atomic mass is 16.5. The lowest BCUT2D eigenvalue weighted by molar-refractivity contribution is 0.257. The molecule has 1 heterocycles. The van der Waals surface area contributed by atoms with E-state index in [1.165, 1.54) is 24.8 Å². The van der Waals surface area contributed by atoms with E-state index in [4.69, 9.17) is 4.74 Å². The molecule has 2 N–H and O–H groups in total. The van der Waals surface area contributed by atoms with Gasteiger partial charge in [0.15, 0.2) is 0 Å². The van der Waals surface area contributed by atoms with E-state index in [0.29, 0.717) is 18.7 Å². The highest BCUT2D eigenvalue weighted by Crippen LogP contribution is 2.36. The van der Waals surface area contributed by atoms with Gasteiger partial charge in [0.1, 0.15) is 18.1 Å². The molecule has 0 amide bonds. The second-order valence-corrected chi connectivity index (χ2v) is 4.38. The lowest BCUT2D eigenvalue weighted by Gasteiger charge is -2.29. The summed E-state index contributed by atoms with van der Waals surface area (Å²) in [7, 11) is 0. The van der Waals surface area contributed by atoms with E-state index in [9.17, 15) is 5.11 Å². The monoisotopic (exact) mass is 205 g/mol. The summed E-state index contributed by atoms with van der Waals surface area (Å²) in [6.45, 7) is 0.690. The Morgan fingerprint density at radius 1 is 1.33 bits per heavy atom. The average Bonchev–Trinajstić information content (AvgIpc) is 2.54. The molecule has 1 aromatic carbocycles. The molecule has 1 unspecified atom stereocenters. The molecule has 0 saturated heterocycles. The van der Waals surface area contributed by atoms with E-state index >= 15 is 0 Å². The molecule has 1 saturated carbocycles. The van der Waals surface area contributed by atoms with Crippen LogP contribution in [-0.2, 0) is 0 Å². The SMILES string of the molecule is Oc1ccc2c(c1)OCC2NC1CCC1. The first kappa shape index (κ1) is 9.04. The number of rotatable bonds is 2. The molecule has 1 atom stereocenters. The number of phenols is 1. The lowest BCUT2D eigenvalue weighted by atomic mass is 9.92. The maximum absolute atomic E-state index is 9.32. The molecule has 0 bridgehead atoms. The molecule has 15 heavy (non-hydrogen) atoms. The fourth-order valence-corrected chi connectivity index (χ4v) is 2.20. The fourth-order valence-electron chi connectivity index (χ4n) is 2.20. The van der Waals surface area contributed by atoms with Gasteiger partial charge in [0, 0.05) is 17.7 Å². The molecule has 1 aromatic rings. The van der Waals surface area contributed by atoms with E-state index in [0.717, 1.165) is 5.75 Å². The zero-order chi connectivity index (χ0) is 10.3. The molecule has 1 aliphatic heterocycles. The Bertz CT molecular complexity index is 374. The van der Waals surface area contributed by atoms with Crippen LogP contribution in [0.1, 0.15) is 30.9 Å². The van der Waals surface area contributed by atoms with Crippen LogP contribution in [0, 0.1) is 0 Å². The number of hydrogen-bond acceptors (Lipinski definition) is 3. The first-order valence-electron chi connectivity index (χ1n) is 5.55. The zero-order valence-corrected chi connectivity index (χ0v) is 8.57. The predicted octanol–water partition coefficient (Wildman–Crippen LogP) is 1.97. The summed E-state index contributed by atoms with van der Waals surface area (Å²) in [5, 5.41) is 12.9. The largest absolute Gasteiger partial charge is 0.508 e. The van der Waals surface area contributed by atoms with Gasteiger partial charge < -0.3 is 15.2 Å². The molecule has 80 valence electrons. The van der Waals surface area contributed by atoms with Crippen molar-refractivity contribution >= 4 is 0 Å². The van der Waals surface area contributed by atoms with Crippen LogP contribution >= 0.6 is 0 Å². The highest BCUT2D eigenvalue weighted by Gasteiger charge is 2.28. The Morgan fingerprint density at radius 3 is 2.93 bits per heavy atom. The lowest BCUT2D eigenvalue weighted by Crippen LogP contribution is -2.38. The van der Waals surface area contributed by atoms with Crippen molar-refractivity contribution in [1.29, 1.82) is 0 Å². The van der Waals surface area contributed by atoms with Gasteiger partial charge in [0.2, 0.25) is 0 Å². The summed E-state index contributed by atoms with van der Waals surface area (Å²) < 4.78 is 5.54. The summed E-state index contributed by atoms with van der Waals surface area (Å²) in [5.74, 6) is 1.10. The Hall–Kier alpha value is -1.22. The number of phenolic OH excluding ortho intramolecular Hbond substituents is 1. The molecule has 0 radical (unpaired) electrons. The van der Waals surface area contributed by atoms with Crippen LogP contribution < -0.4 is 10.1 Å². The maximum atomic E-state index is 9.32. The van der Waals surface area contributed by atoms with Gasteiger partial charge in [-0.15, -0.1) is 0 Å². The quantitative estimate of drug-likeness (QED) is 0.775. The Kier molecular flexibility index (Phi) is 2.06. The van der Waals surface area contributed by atoms with Gasteiger partial charge in [-0.05, 0) is 25.0 Å². The van der Waals surface area contributed by atoms with E-state index in [1.807, 2.05) is 6.07 Å². The number of fused-ring (bicyclic) bond motifs is 1. The average molecular weight is 205 g/mol. The number of benzene rings is 1. The van der Waals surface area contributed by atoms with Crippen LogP contribution in [-0.4, -0.2) is 17.8 Å². The fraction of sp³-hybridized carbons (Fsp3) is 0.500.